The molecule has 1 aromatic carbocycles. The summed E-state index contributed by atoms with van der Waals surface area (Å²) in [4.78, 5) is 42.6. The Kier molecular flexibility index (Phi) is 9.71. The van der Waals surface area contributed by atoms with Gasteiger partial charge in [-0.15, -0.1) is 12.2 Å². The Morgan fingerprint density at radius 3 is 2.71 bits per heavy atom. The monoisotopic (exact) mass is 522 g/mol. The molecule has 2 heterocycles. The van der Waals surface area contributed by atoms with Crippen LogP contribution in [-0.4, -0.2) is 59.8 Å². The van der Waals surface area contributed by atoms with Gasteiger partial charge in [0.15, 0.2) is 23.2 Å². The normalized spacial score (nSPS) is 21.8. The first kappa shape index (κ1) is 26.7. The number of esters is 2. The van der Waals surface area contributed by atoms with Gasteiger partial charge in [-0.05, 0) is 25.3 Å². The SMILES string of the molecule is COc1ccnc(C(=O)N[C@H]2COC(=O)C(Cc3ccccc3)CC(C)OC2=O)c1OC(O)PS. The number of nitrogens with one attached hydrogen (secondary N) is 1. The first-order valence-electron chi connectivity index (χ1n) is 10.8. The van der Waals surface area contributed by atoms with E-state index in [4.69, 9.17) is 18.9 Å². The van der Waals surface area contributed by atoms with E-state index in [0.717, 1.165) is 5.56 Å². The molecular formula is C23H27N2O8PS. The second kappa shape index (κ2) is 12.7. The standard InChI is InChI=1S/C23H27N2O8PS/c1-13-10-15(11-14-6-4-3-5-7-14)21(27)31-12-16(22(28)32-13)25-20(26)18-19(33-23(29)34-35)17(30-2)8-9-24-18/h3-9,13,15-16,23,29,34-35H,10-12H2,1-2H3,(H,25,26)/t13?,15?,16-,23?/m0/s1. The van der Waals surface area contributed by atoms with Crippen molar-refractivity contribution in [3.8, 4) is 11.5 Å². The van der Waals surface area contributed by atoms with Crippen LogP contribution in [0.1, 0.15) is 29.4 Å². The summed E-state index contributed by atoms with van der Waals surface area (Å²) in [6.07, 6.45) is 1.44. The Hall–Kier alpha value is -2.88. The summed E-state index contributed by atoms with van der Waals surface area (Å²) in [6, 6.07) is 8.33. The summed E-state index contributed by atoms with van der Waals surface area (Å²) in [5.41, 5.74) is 0.724. The molecule has 2 aromatic rings. The van der Waals surface area contributed by atoms with Crippen molar-refractivity contribution in [2.45, 2.75) is 37.9 Å². The van der Waals surface area contributed by atoms with Crippen molar-refractivity contribution >= 4 is 37.9 Å². The van der Waals surface area contributed by atoms with Gasteiger partial charge in [0.2, 0.25) is 6.03 Å². The van der Waals surface area contributed by atoms with E-state index in [2.05, 4.69) is 22.5 Å². The molecule has 1 aliphatic heterocycles. The molecule has 0 bridgehead atoms. The number of aliphatic hydroxyl groups excluding tert-OH is 1. The molecule has 188 valence electrons. The van der Waals surface area contributed by atoms with Gasteiger partial charge in [0, 0.05) is 20.0 Å². The molecule has 1 amide bonds. The highest BCUT2D eigenvalue weighted by atomic mass is 32.7. The van der Waals surface area contributed by atoms with Crippen LogP contribution in [0.4, 0.5) is 0 Å². The lowest BCUT2D eigenvalue weighted by Gasteiger charge is -2.20. The van der Waals surface area contributed by atoms with Crippen molar-refractivity contribution in [3.63, 3.8) is 0 Å². The van der Waals surface area contributed by atoms with E-state index in [0.29, 0.717) is 6.42 Å². The van der Waals surface area contributed by atoms with Crippen molar-refractivity contribution in [3.05, 3.63) is 53.9 Å². The number of methoxy groups -OCH3 is 1. The smallest absolute Gasteiger partial charge is 0.332 e. The van der Waals surface area contributed by atoms with E-state index in [9.17, 15) is 19.5 Å². The van der Waals surface area contributed by atoms with Gasteiger partial charge in [-0.2, -0.15) is 0 Å². The van der Waals surface area contributed by atoms with Crippen molar-refractivity contribution in [2.24, 2.45) is 5.92 Å². The maximum atomic E-state index is 13.0. The average molecular weight is 523 g/mol. The summed E-state index contributed by atoms with van der Waals surface area (Å²) in [7, 11) is 1.07. The highest BCUT2D eigenvalue weighted by Gasteiger charge is 2.33. The van der Waals surface area contributed by atoms with E-state index in [1.54, 1.807) is 6.92 Å². The summed E-state index contributed by atoms with van der Waals surface area (Å²) in [5, 5.41) is 12.3. The summed E-state index contributed by atoms with van der Waals surface area (Å²) in [6.45, 7) is 1.27. The van der Waals surface area contributed by atoms with Crippen LogP contribution in [0, 0.1) is 5.92 Å². The second-order valence-corrected chi connectivity index (χ2v) is 9.34. The molecule has 1 fully saturated rings. The van der Waals surface area contributed by atoms with Crippen molar-refractivity contribution in [1.82, 2.24) is 10.3 Å². The van der Waals surface area contributed by atoms with Gasteiger partial charge in [0.1, 0.15) is 6.61 Å². The number of aliphatic hydroxyl groups is 1. The Balaban J connectivity index is 1.76. The largest absolute Gasteiger partial charge is 0.493 e. The predicted molar refractivity (Wildman–Crippen MR) is 131 cm³/mol. The number of nitrogens with zero attached hydrogens (tertiary/aromatic N) is 1. The molecule has 35 heavy (non-hydrogen) atoms. The van der Waals surface area contributed by atoms with E-state index < -0.39 is 48.5 Å². The van der Waals surface area contributed by atoms with Gasteiger partial charge >= 0.3 is 11.9 Å². The maximum Gasteiger partial charge on any atom is 0.332 e. The van der Waals surface area contributed by atoms with Crippen LogP contribution >= 0.6 is 20.0 Å². The lowest BCUT2D eigenvalue weighted by molar-refractivity contribution is -0.152. The molecule has 3 rings (SSSR count). The third-order valence-electron chi connectivity index (χ3n) is 5.22. The number of thiol groups is 1. The molecule has 1 aromatic heterocycles. The number of pyridine rings is 1. The minimum absolute atomic E-state index is 0.119. The fourth-order valence-corrected chi connectivity index (χ4v) is 3.90. The van der Waals surface area contributed by atoms with Gasteiger partial charge in [-0.25, -0.2) is 9.78 Å². The molecule has 5 atom stereocenters. The first-order chi connectivity index (χ1) is 16.8. The zero-order chi connectivity index (χ0) is 25.4. The number of benzene rings is 1. The van der Waals surface area contributed by atoms with Crippen molar-refractivity contribution < 1.29 is 38.4 Å². The van der Waals surface area contributed by atoms with Crippen LogP contribution in [0.15, 0.2) is 42.6 Å². The number of aromatic nitrogens is 1. The van der Waals surface area contributed by atoms with Gasteiger partial charge < -0.3 is 29.4 Å². The lowest BCUT2D eigenvalue weighted by Crippen LogP contribution is -2.46. The minimum atomic E-state index is -1.30. The Labute approximate surface area is 209 Å². The number of ether oxygens (including phenoxy) is 4. The summed E-state index contributed by atoms with van der Waals surface area (Å²) in [5.74, 6) is -2.53. The van der Waals surface area contributed by atoms with Crippen LogP contribution in [0.5, 0.6) is 11.5 Å². The number of hydrogen-bond acceptors (Lipinski definition) is 10. The molecule has 0 saturated carbocycles. The number of carbonyl (C=O) groups is 3. The molecule has 0 radical (unpaired) electrons. The van der Waals surface area contributed by atoms with Gasteiger partial charge in [0.25, 0.3) is 5.91 Å². The topological polar surface area (TPSA) is 133 Å². The zero-order valence-corrected chi connectivity index (χ0v) is 21.1. The molecule has 0 spiro atoms. The number of amides is 1. The molecule has 12 heteroatoms. The number of rotatable bonds is 8. The molecule has 0 aliphatic carbocycles. The Morgan fingerprint density at radius 2 is 2.03 bits per heavy atom. The van der Waals surface area contributed by atoms with Crippen molar-refractivity contribution in [2.75, 3.05) is 13.7 Å². The molecule has 2 N–H and O–H groups in total. The van der Waals surface area contributed by atoms with Crippen molar-refractivity contribution in [1.29, 1.82) is 0 Å². The number of cyclic esters (lactones) is 2. The summed E-state index contributed by atoms with van der Waals surface area (Å²) >= 11 is 3.98. The lowest BCUT2D eigenvalue weighted by atomic mass is 9.94. The van der Waals surface area contributed by atoms with Gasteiger partial charge in [-0.3, -0.25) is 9.59 Å². The molecule has 1 saturated heterocycles. The highest BCUT2D eigenvalue weighted by Crippen LogP contribution is 2.34. The van der Waals surface area contributed by atoms with Gasteiger partial charge in [0.05, 0.1) is 19.1 Å². The Bertz CT molecular complexity index is 1040. The maximum absolute atomic E-state index is 13.0. The van der Waals surface area contributed by atoms with Crippen LogP contribution in [0.2, 0.25) is 0 Å². The zero-order valence-electron chi connectivity index (χ0n) is 19.2. The highest BCUT2D eigenvalue weighted by molar-refractivity contribution is 8.38. The fourth-order valence-electron chi connectivity index (χ4n) is 3.57. The van der Waals surface area contributed by atoms with Crippen LogP contribution in [0.25, 0.3) is 0 Å². The van der Waals surface area contributed by atoms with E-state index in [-0.39, 0.29) is 31.4 Å². The Morgan fingerprint density at radius 1 is 1.29 bits per heavy atom. The first-order valence-corrected chi connectivity index (χ1v) is 13.2. The van der Waals surface area contributed by atoms with Crippen LogP contribution in [0.3, 0.4) is 0 Å². The average Bonchev–Trinajstić information content (AvgIpc) is 2.89. The third kappa shape index (κ3) is 7.30. The summed E-state index contributed by atoms with van der Waals surface area (Å²) < 4.78 is 21.4. The number of hydrogen-bond donors (Lipinski definition) is 3. The fraction of sp³-hybridized carbons (Fsp3) is 0.391. The number of carbonyl (C=O) groups excluding carboxylic acids is 3. The third-order valence-corrected chi connectivity index (χ3v) is 6.22. The molecule has 1 aliphatic rings. The molecular weight excluding hydrogens is 495 g/mol. The van der Waals surface area contributed by atoms with E-state index >= 15 is 0 Å². The van der Waals surface area contributed by atoms with E-state index in [1.807, 2.05) is 30.3 Å². The second-order valence-electron chi connectivity index (χ2n) is 7.82. The van der Waals surface area contributed by atoms with E-state index in [1.165, 1.54) is 19.4 Å². The quantitative estimate of drug-likeness (QED) is 0.206. The van der Waals surface area contributed by atoms with Gasteiger partial charge in [-0.1, -0.05) is 30.3 Å². The van der Waals surface area contributed by atoms with Crippen LogP contribution < -0.4 is 14.8 Å². The molecule has 10 nitrogen and oxygen atoms in total. The predicted octanol–water partition coefficient (Wildman–Crippen LogP) is 2.10. The van der Waals surface area contributed by atoms with Crippen LogP contribution in [-0.2, 0) is 25.5 Å². The molecule has 4 unspecified atom stereocenters. The minimum Gasteiger partial charge on any atom is -0.493 e.